The minimum absolute atomic E-state index is 0.0592. The molecule has 5 heteroatoms. The molecule has 0 heterocycles. The van der Waals surface area contributed by atoms with Crippen LogP contribution in [0.1, 0.15) is 22.8 Å². The number of benzene rings is 3. The molecule has 28 heavy (non-hydrogen) atoms. The van der Waals surface area contributed by atoms with Crippen LogP contribution in [0.3, 0.4) is 0 Å². The van der Waals surface area contributed by atoms with Crippen molar-refractivity contribution in [3.8, 4) is 11.5 Å². The molecular formula is C23H23NO4. The number of carbonyl (C=O) groups is 2. The SMILES string of the molecule is COc1cc(C(C)=O)ccc1OCC(=O)N(C)Cc1ccc2ccccc2c1. The van der Waals surface area contributed by atoms with Gasteiger partial charge >= 0.3 is 0 Å². The maximum absolute atomic E-state index is 12.5. The minimum Gasteiger partial charge on any atom is -0.493 e. The highest BCUT2D eigenvalue weighted by atomic mass is 16.5. The summed E-state index contributed by atoms with van der Waals surface area (Å²) in [6, 6.07) is 19.2. The lowest BCUT2D eigenvalue weighted by Gasteiger charge is -2.18. The fourth-order valence-electron chi connectivity index (χ4n) is 2.95. The molecular weight excluding hydrogens is 354 g/mol. The summed E-state index contributed by atoms with van der Waals surface area (Å²) in [6.45, 7) is 1.87. The van der Waals surface area contributed by atoms with Crippen molar-refractivity contribution in [1.82, 2.24) is 4.90 Å². The van der Waals surface area contributed by atoms with Gasteiger partial charge in [0.1, 0.15) is 0 Å². The Labute approximate surface area is 164 Å². The van der Waals surface area contributed by atoms with E-state index < -0.39 is 0 Å². The molecule has 0 bridgehead atoms. The van der Waals surface area contributed by atoms with Crippen LogP contribution >= 0.6 is 0 Å². The Morgan fingerprint density at radius 3 is 2.39 bits per heavy atom. The van der Waals surface area contributed by atoms with Crippen molar-refractivity contribution >= 4 is 22.5 Å². The van der Waals surface area contributed by atoms with Crippen LogP contribution in [0.25, 0.3) is 10.8 Å². The van der Waals surface area contributed by atoms with Gasteiger partial charge in [-0.1, -0.05) is 36.4 Å². The predicted molar refractivity (Wildman–Crippen MR) is 109 cm³/mol. The molecule has 0 aromatic heterocycles. The number of hydrogen-bond donors (Lipinski definition) is 0. The van der Waals surface area contributed by atoms with Crippen LogP contribution < -0.4 is 9.47 Å². The molecule has 0 atom stereocenters. The molecule has 0 aliphatic heterocycles. The lowest BCUT2D eigenvalue weighted by atomic mass is 10.1. The van der Waals surface area contributed by atoms with Crippen molar-refractivity contribution in [2.24, 2.45) is 0 Å². The van der Waals surface area contributed by atoms with E-state index in [0.29, 0.717) is 23.6 Å². The van der Waals surface area contributed by atoms with Crippen molar-refractivity contribution in [2.45, 2.75) is 13.5 Å². The summed E-state index contributed by atoms with van der Waals surface area (Å²) < 4.78 is 10.9. The third-order valence-electron chi connectivity index (χ3n) is 4.58. The number of fused-ring (bicyclic) bond motifs is 1. The molecule has 0 N–H and O–H groups in total. The summed E-state index contributed by atoms with van der Waals surface area (Å²) in [6.07, 6.45) is 0. The minimum atomic E-state index is -0.147. The highest BCUT2D eigenvalue weighted by molar-refractivity contribution is 5.94. The number of methoxy groups -OCH3 is 1. The zero-order chi connectivity index (χ0) is 20.1. The zero-order valence-corrected chi connectivity index (χ0v) is 16.3. The van der Waals surface area contributed by atoms with E-state index in [4.69, 9.17) is 9.47 Å². The standard InChI is InChI=1S/C23H23NO4/c1-16(25)19-10-11-21(22(13-19)27-3)28-15-23(26)24(2)14-17-8-9-18-6-4-5-7-20(18)12-17/h4-13H,14-15H2,1-3H3. The van der Waals surface area contributed by atoms with Gasteiger partial charge in [0.25, 0.3) is 5.91 Å². The topological polar surface area (TPSA) is 55.8 Å². The molecule has 0 aliphatic rings. The Kier molecular flexibility index (Phi) is 5.94. The summed E-state index contributed by atoms with van der Waals surface area (Å²) in [5.41, 5.74) is 1.59. The number of rotatable bonds is 7. The summed E-state index contributed by atoms with van der Waals surface area (Å²) in [5.74, 6) is 0.652. The lowest BCUT2D eigenvalue weighted by Crippen LogP contribution is -2.31. The predicted octanol–water partition coefficient (Wildman–Crippen LogP) is 4.09. The van der Waals surface area contributed by atoms with Gasteiger partial charge in [-0.25, -0.2) is 0 Å². The smallest absolute Gasteiger partial charge is 0.260 e. The molecule has 1 amide bonds. The molecule has 144 valence electrons. The van der Waals surface area contributed by atoms with Crippen LogP contribution in [0.5, 0.6) is 11.5 Å². The van der Waals surface area contributed by atoms with Gasteiger partial charge < -0.3 is 14.4 Å². The van der Waals surface area contributed by atoms with Gasteiger partial charge in [0.15, 0.2) is 23.9 Å². The first-order chi connectivity index (χ1) is 13.5. The molecule has 0 spiro atoms. The Bertz CT molecular complexity index is 1010. The molecule has 0 saturated carbocycles. The van der Waals surface area contributed by atoms with E-state index in [1.54, 1.807) is 30.1 Å². The third-order valence-corrected chi connectivity index (χ3v) is 4.58. The molecule has 3 aromatic rings. The molecule has 0 saturated heterocycles. The number of ketones is 1. The van der Waals surface area contributed by atoms with Crippen LogP contribution in [0, 0.1) is 0 Å². The highest BCUT2D eigenvalue weighted by Gasteiger charge is 2.13. The largest absolute Gasteiger partial charge is 0.493 e. The normalized spacial score (nSPS) is 10.5. The van der Waals surface area contributed by atoms with Gasteiger partial charge in [-0.2, -0.15) is 0 Å². The Morgan fingerprint density at radius 2 is 1.68 bits per heavy atom. The summed E-state index contributed by atoms with van der Waals surface area (Å²) in [4.78, 5) is 25.6. The van der Waals surface area contributed by atoms with E-state index in [0.717, 1.165) is 10.9 Å². The van der Waals surface area contributed by atoms with E-state index in [-0.39, 0.29) is 18.3 Å². The second-order valence-corrected chi connectivity index (χ2v) is 6.64. The maximum atomic E-state index is 12.5. The van der Waals surface area contributed by atoms with Gasteiger partial charge in [-0.3, -0.25) is 9.59 Å². The van der Waals surface area contributed by atoms with Crippen molar-refractivity contribution in [1.29, 1.82) is 0 Å². The Balaban J connectivity index is 1.63. The number of likely N-dealkylation sites (N-methyl/N-ethyl adjacent to an activating group) is 1. The first kappa shape index (κ1) is 19.4. The maximum Gasteiger partial charge on any atom is 0.260 e. The molecule has 0 aliphatic carbocycles. The Morgan fingerprint density at radius 1 is 0.929 bits per heavy atom. The average Bonchev–Trinajstić information content (AvgIpc) is 2.71. The fraction of sp³-hybridized carbons (Fsp3) is 0.217. The summed E-state index contributed by atoms with van der Waals surface area (Å²) in [7, 11) is 3.25. The molecule has 3 rings (SSSR count). The number of hydrogen-bond acceptors (Lipinski definition) is 4. The third kappa shape index (κ3) is 4.49. The molecule has 5 nitrogen and oxygen atoms in total. The van der Waals surface area contributed by atoms with E-state index >= 15 is 0 Å². The van der Waals surface area contributed by atoms with E-state index in [2.05, 4.69) is 24.3 Å². The van der Waals surface area contributed by atoms with Crippen LogP contribution in [0.2, 0.25) is 0 Å². The summed E-state index contributed by atoms with van der Waals surface area (Å²) in [5, 5.41) is 2.32. The van der Waals surface area contributed by atoms with E-state index in [1.807, 2.05) is 18.2 Å². The molecule has 0 fully saturated rings. The number of amides is 1. The number of carbonyl (C=O) groups excluding carboxylic acids is 2. The van der Waals surface area contributed by atoms with Gasteiger partial charge in [0, 0.05) is 19.2 Å². The highest BCUT2D eigenvalue weighted by Crippen LogP contribution is 2.28. The monoisotopic (exact) mass is 377 g/mol. The summed E-state index contributed by atoms with van der Waals surface area (Å²) >= 11 is 0. The molecule has 0 unspecified atom stereocenters. The lowest BCUT2D eigenvalue weighted by molar-refractivity contribution is -0.132. The van der Waals surface area contributed by atoms with E-state index in [9.17, 15) is 9.59 Å². The number of ether oxygens (including phenoxy) is 2. The zero-order valence-electron chi connectivity index (χ0n) is 16.3. The van der Waals surface area contributed by atoms with Gasteiger partial charge in [0.05, 0.1) is 7.11 Å². The number of nitrogens with zero attached hydrogens (tertiary/aromatic N) is 1. The first-order valence-corrected chi connectivity index (χ1v) is 9.01. The Hall–Kier alpha value is -3.34. The van der Waals surface area contributed by atoms with Crippen LogP contribution in [0.4, 0.5) is 0 Å². The average molecular weight is 377 g/mol. The van der Waals surface area contributed by atoms with Crippen LogP contribution in [-0.2, 0) is 11.3 Å². The van der Waals surface area contributed by atoms with Crippen molar-refractivity contribution in [2.75, 3.05) is 20.8 Å². The first-order valence-electron chi connectivity index (χ1n) is 9.01. The van der Waals surface area contributed by atoms with E-state index in [1.165, 1.54) is 19.4 Å². The second kappa shape index (κ2) is 8.57. The van der Waals surface area contributed by atoms with Gasteiger partial charge in [-0.05, 0) is 47.5 Å². The number of Topliss-reactive ketones (excluding diaryl/α,β-unsaturated/α-hetero) is 1. The van der Waals surface area contributed by atoms with Gasteiger partial charge in [-0.15, -0.1) is 0 Å². The van der Waals surface area contributed by atoms with Crippen molar-refractivity contribution < 1.29 is 19.1 Å². The molecule has 3 aromatic carbocycles. The van der Waals surface area contributed by atoms with Crippen LogP contribution in [0.15, 0.2) is 60.7 Å². The molecule has 0 radical (unpaired) electrons. The van der Waals surface area contributed by atoms with Crippen molar-refractivity contribution in [3.05, 3.63) is 71.8 Å². The quantitative estimate of drug-likeness (QED) is 0.582. The fourth-order valence-corrected chi connectivity index (χ4v) is 2.95. The second-order valence-electron chi connectivity index (χ2n) is 6.64. The van der Waals surface area contributed by atoms with Crippen molar-refractivity contribution in [3.63, 3.8) is 0 Å². The van der Waals surface area contributed by atoms with Crippen LogP contribution in [-0.4, -0.2) is 37.4 Å². The van der Waals surface area contributed by atoms with Gasteiger partial charge in [0.2, 0.25) is 0 Å².